The molecule has 5 heteroatoms. The van der Waals surface area contributed by atoms with E-state index in [0.29, 0.717) is 5.56 Å². The molecule has 106 valence electrons. The third-order valence-electron chi connectivity index (χ3n) is 3.64. The van der Waals surface area contributed by atoms with Gasteiger partial charge in [-0.2, -0.15) is 13.2 Å². The first-order valence-electron chi connectivity index (χ1n) is 6.38. The molecule has 0 aliphatic carbocycles. The molecule has 0 unspecified atom stereocenters. The van der Waals surface area contributed by atoms with Crippen molar-refractivity contribution in [3.05, 3.63) is 29.3 Å². The van der Waals surface area contributed by atoms with Crippen LogP contribution in [0.5, 0.6) is 0 Å². The summed E-state index contributed by atoms with van der Waals surface area (Å²) in [5.74, 6) is 0. The summed E-state index contributed by atoms with van der Waals surface area (Å²) >= 11 is 0. The predicted molar refractivity (Wildman–Crippen MR) is 69.9 cm³/mol. The second-order valence-corrected chi connectivity index (χ2v) is 5.88. The molecule has 0 amide bonds. The van der Waals surface area contributed by atoms with Gasteiger partial charge in [-0.1, -0.05) is 13.8 Å². The van der Waals surface area contributed by atoms with Gasteiger partial charge in [0.25, 0.3) is 0 Å². The lowest BCUT2D eigenvalue weighted by atomic mass is 9.93. The van der Waals surface area contributed by atoms with Crippen LogP contribution in [0.1, 0.15) is 31.4 Å². The van der Waals surface area contributed by atoms with Crippen molar-refractivity contribution in [2.45, 2.75) is 33.0 Å². The van der Waals surface area contributed by atoms with Crippen molar-refractivity contribution in [2.75, 3.05) is 18.0 Å². The van der Waals surface area contributed by atoms with Gasteiger partial charge < -0.3 is 10.6 Å². The van der Waals surface area contributed by atoms with E-state index in [1.54, 1.807) is 6.07 Å². The lowest BCUT2D eigenvalue weighted by Gasteiger charge is -2.24. The van der Waals surface area contributed by atoms with Gasteiger partial charge in [0, 0.05) is 25.3 Å². The van der Waals surface area contributed by atoms with Crippen LogP contribution in [-0.4, -0.2) is 13.1 Å². The van der Waals surface area contributed by atoms with Crippen LogP contribution in [0, 0.1) is 5.41 Å². The van der Waals surface area contributed by atoms with Gasteiger partial charge in [0.05, 0.1) is 5.56 Å². The molecule has 1 aromatic rings. The summed E-state index contributed by atoms with van der Waals surface area (Å²) in [6.07, 6.45) is -3.27. The van der Waals surface area contributed by atoms with Crippen molar-refractivity contribution in [1.82, 2.24) is 0 Å². The molecular formula is C14H19F3N2. The highest BCUT2D eigenvalue weighted by molar-refractivity contribution is 5.56. The molecule has 0 spiro atoms. The number of hydrogen-bond acceptors (Lipinski definition) is 2. The van der Waals surface area contributed by atoms with E-state index in [1.807, 2.05) is 0 Å². The molecule has 1 saturated heterocycles. The van der Waals surface area contributed by atoms with E-state index in [-0.39, 0.29) is 12.0 Å². The molecule has 1 fully saturated rings. The molecule has 1 aliphatic heterocycles. The predicted octanol–water partition coefficient (Wildman–Crippen LogP) is 3.40. The fourth-order valence-corrected chi connectivity index (χ4v) is 2.55. The van der Waals surface area contributed by atoms with Crippen molar-refractivity contribution in [1.29, 1.82) is 0 Å². The summed E-state index contributed by atoms with van der Waals surface area (Å²) in [6, 6.07) is 3.85. The lowest BCUT2D eigenvalue weighted by molar-refractivity contribution is -0.137. The van der Waals surface area contributed by atoms with Crippen LogP contribution >= 0.6 is 0 Å². The van der Waals surface area contributed by atoms with Gasteiger partial charge in [-0.15, -0.1) is 0 Å². The van der Waals surface area contributed by atoms with Crippen molar-refractivity contribution in [3.63, 3.8) is 0 Å². The molecule has 0 radical (unpaired) electrons. The van der Waals surface area contributed by atoms with Gasteiger partial charge in [-0.3, -0.25) is 0 Å². The number of halogens is 3. The third-order valence-corrected chi connectivity index (χ3v) is 3.64. The van der Waals surface area contributed by atoms with Crippen LogP contribution in [0.3, 0.4) is 0 Å². The Labute approximate surface area is 111 Å². The number of anilines is 1. The fourth-order valence-electron chi connectivity index (χ4n) is 2.55. The van der Waals surface area contributed by atoms with Crippen LogP contribution in [0.2, 0.25) is 0 Å². The standard InChI is InChI=1S/C14H19F3N2/c1-13(2)5-6-19(9-13)12-4-3-11(14(15,16)17)7-10(12)8-18/h3-4,7H,5-6,8-9,18H2,1-2H3. The maximum atomic E-state index is 12.7. The Morgan fingerprint density at radius 1 is 1.32 bits per heavy atom. The smallest absolute Gasteiger partial charge is 0.371 e. The summed E-state index contributed by atoms with van der Waals surface area (Å²) in [6.45, 7) is 6.17. The quantitative estimate of drug-likeness (QED) is 0.894. The summed E-state index contributed by atoms with van der Waals surface area (Å²) in [5, 5.41) is 0. The highest BCUT2D eigenvalue weighted by atomic mass is 19.4. The molecular weight excluding hydrogens is 253 g/mol. The third kappa shape index (κ3) is 3.03. The Kier molecular flexibility index (Phi) is 3.51. The largest absolute Gasteiger partial charge is 0.416 e. The van der Waals surface area contributed by atoms with E-state index in [9.17, 15) is 13.2 Å². The Hall–Kier alpha value is -1.23. The molecule has 0 bridgehead atoms. The van der Waals surface area contributed by atoms with E-state index in [2.05, 4.69) is 18.7 Å². The van der Waals surface area contributed by atoms with Gasteiger partial charge in [0.1, 0.15) is 0 Å². The van der Waals surface area contributed by atoms with Crippen LogP contribution in [0.15, 0.2) is 18.2 Å². The number of nitrogens with two attached hydrogens (primary N) is 1. The molecule has 0 atom stereocenters. The monoisotopic (exact) mass is 272 g/mol. The van der Waals surface area contributed by atoms with Crippen LogP contribution in [0.25, 0.3) is 0 Å². The number of hydrogen-bond donors (Lipinski definition) is 1. The normalized spacial score (nSPS) is 18.9. The first-order valence-corrected chi connectivity index (χ1v) is 6.38. The average Bonchev–Trinajstić information content (AvgIpc) is 2.67. The van der Waals surface area contributed by atoms with E-state index >= 15 is 0 Å². The number of benzene rings is 1. The molecule has 1 heterocycles. The zero-order valence-corrected chi connectivity index (χ0v) is 11.2. The molecule has 0 aromatic heterocycles. The van der Waals surface area contributed by atoms with E-state index in [1.165, 1.54) is 6.07 Å². The van der Waals surface area contributed by atoms with Gasteiger partial charge in [-0.25, -0.2) is 0 Å². The van der Waals surface area contributed by atoms with Crippen LogP contribution in [0.4, 0.5) is 18.9 Å². The van der Waals surface area contributed by atoms with Crippen molar-refractivity contribution >= 4 is 5.69 Å². The molecule has 19 heavy (non-hydrogen) atoms. The minimum absolute atomic E-state index is 0.121. The number of rotatable bonds is 2. The highest BCUT2D eigenvalue weighted by Crippen LogP contribution is 2.37. The zero-order valence-electron chi connectivity index (χ0n) is 11.2. The Bertz CT molecular complexity index is 466. The average molecular weight is 272 g/mol. The zero-order chi connectivity index (χ0) is 14.3. The SMILES string of the molecule is CC1(C)CCN(c2ccc(C(F)(F)F)cc2CN)C1. The van der Waals surface area contributed by atoms with Crippen molar-refractivity contribution in [3.8, 4) is 0 Å². The van der Waals surface area contributed by atoms with Gasteiger partial charge in [0.15, 0.2) is 0 Å². The molecule has 2 nitrogen and oxygen atoms in total. The Balaban J connectivity index is 2.32. The summed E-state index contributed by atoms with van der Waals surface area (Å²) < 4.78 is 38.0. The second-order valence-electron chi connectivity index (χ2n) is 5.88. The minimum Gasteiger partial charge on any atom is -0.371 e. The fraction of sp³-hybridized carbons (Fsp3) is 0.571. The Morgan fingerprint density at radius 2 is 2.00 bits per heavy atom. The summed E-state index contributed by atoms with van der Waals surface area (Å²) in [5.41, 5.74) is 6.57. The van der Waals surface area contributed by atoms with Crippen molar-refractivity contribution in [2.24, 2.45) is 11.1 Å². The lowest BCUT2D eigenvalue weighted by Crippen LogP contribution is -2.24. The second kappa shape index (κ2) is 4.71. The highest BCUT2D eigenvalue weighted by Gasteiger charge is 2.33. The molecule has 2 N–H and O–H groups in total. The van der Waals surface area contributed by atoms with E-state index < -0.39 is 11.7 Å². The van der Waals surface area contributed by atoms with Gasteiger partial charge in [-0.05, 0) is 35.6 Å². The van der Waals surface area contributed by atoms with E-state index in [0.717, 1.165) is 31.3 Å². The molecule has 0 saturated carbocycles. The summed E-state index contributed by atoms with van der Waals surface area (Å²) in [7, 11) is 0. The maximum absolute atomic E-state index is 12.7. The molecule has 1 aliphatic rings. The summed E-state index contributed by atoms with van der Waals surface area (Å²) in [4.78, 5) is 2.13. The maximum Gasteiger partial charge on any atom is 0.416 e. The first kappa shape index (κ1) is 14.2. The Morgan fingerprint density at radius 3 is 2.47 bits per heavy atom. The van der Waals surface area contributed by atoms with Crippen molar-refractivity contribution < 1.29 is 13.2 Å². The van der Waals surface area contributed by atoms with Gasteiger partial charge in [0.2, 0.25) is 0 Å². The van der Waals surface area contributed by atoms with Crippen LogP contribution in [-0.2, 0) is 12.7 Å². The van der Waals surface area contributed by atoms with Crippen LogP contribution < -0.4 is 10.6 Å². The van der Waals surface area contributed by atoms with E-state index in [4.69, 9.17) is 5.73 Å². The van der Waals surface area contributed by atoms with Gasteiger partial charge >= 0.3 is 6.18 Å². The minimum atomic E-state index is -4.31. The molecule has 2 rings (SSSR count). The number of alkyl halides is 3. The topological polar surface area (TPSA) is 29.3 Å². The molecule has 1 aromatic carbocycles. The number of nitrogens with zero attached hydrogens (tertiary/aromatic N) is 1. The first-order chi connectivity index (χ1) is 8.73.